The zero-order valence-corrected chi connectivity index (χ0v) is 12.2. The third-order valence-electron chi connectivity index (χ3n) is 3.26. The number of hydrogen-bond acceptors (Lipinski definition) is 3. The number of rotatable bonds is 4. The van der Waals surface area contributed by atoms with Crippen LogP contribution >= 0.6 is 15.9 Å². The molecule has 0 bridgehead atoms. The van der Waals surface area contributed by atoms with Gasteiger partial charge in [0.1, 0.15) is 6.07 Å². The summed E-state index contributed by atoms with van der Waals surface area (Å²) in [4.78, 5) is 0. The molecule has 102 valence electrons. The molecule has 5 heteroatoms. The second-order valence-electron chi connectivity index (χ2n) is 4.60. The Bertz CT molecular complexity index is 481. The third kappa shape index (κ3) is 3.68. The summed E-state index contributed by atoms with van der Waals surface area (Å²) >= 11 is 3.10. The van der Waals surface area contributed by atoms with Crippen LogP contribution in [0.15, 0.2) is 16.6 Å². The first-order valence-electron chi connectivity index (χ1n) is 6.46. The Hall–Kier alpha value is -1.12. The number of ether oxygens (including phenoxy) is 1. The van der Waals surface area contributed by atoms with Gasteiger partial charge in [0.2, 0.25) is 0 Å². The standard InChI is InChI=1S/C14H16BrFN2O/c15-13-10(9-17)4-5-12(14(13)16)18-7-6-11-3-1-2-8-19-11/h4-5,11,18H,1-3,6-8H2. The third-order valence-corrected chi connectivity index (χ3v) is 4.03. The average Bonchev–Trinajstić information content (AvgIpc) is 2.45. The van der Waals surface area contributed by atoms with E-state index < -0.39 is 5.82 Å². The monoisotopic (exact) mass is 326 g/mol. The Morgan fingerprint density at radius 3 is 3.00 bits per heavy atom. The van der Waals surface area contributed by atoms with Gasteiger partial charge in [-0.25, -0.2) is 4.39 Å². The maximum atomic E-state index is 13.9. The van der Waals surface area contributed by atoms with Gasteiger partial charge in [0.05, 0.1) is 21.8 Å². The molecule has 0 radical (unpaired) electrons. The zero-order valence-electron chi connectivity index (χ0n) is 10.6. The van der Waals surface area contributed by atoms with Gasteiger partial charge in [-0.15, -0.1) is 0 Å². The molecule has 1 N–H and O–H groups in total. The smallest absolute Gasteiger partial charge is 0.161 e. The van der Waals surface area contributed by atoms with E-state index in [9.17, 15) is 4.39 Å². The summed E-state index contributed by atoms with van der Waals surface area (Å²) in [5.41, 5.74) is 0.723. The van der Waals surface area contributed by atoms with Crippen molar-refractivity contribution in [2.45, 2.75) is 31.8 Å². The Morgan fingerprint density at radius 1 is 1.47 bits per heavy atom. The highest BCUT2D eigenvalue weighted by Crippen LogP contribution is 2.26. The summed E-state index contributed by atoms with van der Waals surface area (Å²) in [6, 6.07) is 5.14. The van der Waals surface area contributed by atoms with Gasteiger partial charge < -0.3 is 10.1 Å². The van der Waals surface area contributed by atoms with E-state index in [1.165, 1.54) is 6.42 Å². The number of nitrogens with one attached hydrogen (secondary N) is 1. The number of anilines is 1. The minimum Gasteiger partial charge on any atom is -0.383 e. The van der Waals surface area contributed by atoms with Crippen LogP contribution in [0.1, 0.15) is 31.2 Å². The SMILES string of the molecule is N#Cc1ccc(NCCC2CCCCO2)c(F)c1Br. The lowest BCUT2D eigenvalue weighted by Gasteiger charge is -2.22. The second kappa shape index (κ2) is 6.88. The molecule has 0 aliphatic carbocycles. The van der Waals surface area contributed by atoms with Crippen LogP contribution in [-0.2, 0) is 4.74 Å². The van der Waals surface area contributed by atoms with Crippen LogP contribution in [0.2, 0.25) is 0 Å². The van der Waals surface area contributed by atoms with E-state index in [2.05, 4.69) is 21.2 Å². The molecule has 19 heavy (non-hydrogen) atoms. The molecule has 0 saturated carbocycles. The zero-order chi connectivity index (χ0) is 13.7. The van der Waals surface area contributed by atoms with Crippen molar-refractivity contribution in [1.82, 2.24) is 0 Å². The summed E-state index contributed by atoms with van der Waals surface area (Å²) in [6.45, 7) is 1.50. The van der Waals surface area contributed by atoms with Gasteiger partial charge in [-0.3, -0.25) is 0 Å². The molecule has 2 rings (SSSR count). The van der Waals surface area contributed by atoms with E-state index in [0.29, 0.717) is 17.8 Å². The number of nitriles is 1. The molecule has 1 aliphatic heterocycles. The van der Waals surface area contributed by atoms with Crippen molar-refractivity contribution in [2.24, 2.45) is 0 Å². The molecule has 1 atom stereocenters. The minimum absolute atomic E-state index is 0.217. The van der Waals surface area contributed by atoms with Crippen molar-refractivity contribution >= 4 is 21.6 Å². The van der Waals surface area contributed by atoms with Crippen LogP contribution < -0.4 is 5.32 Å². The molecule has 1 fully saturated rings. The molecule has 0 amide bonds. The molecular formula is C14H16BrFN2O. The molecule has 0 aromatic heterocycles. The molecule has 3 nitrogen and oxygen atoms in total. The molecule has 1 aliphatic rings. The van der Waals surface area contributed by atoms with Crippen LogP contribution in [0.5, 0.6) is 0 Å². The first-order chi connectivity index (χ1) is 9.22. The number of hydrogen-bond donors (Lipinski definition) is 1. The van der Waals surface area contributed by atoms with Gasteiger partial charge in [0, 0.05) is 13.2 Å². The largest absolute Gasteiger partial charge is 0.383 e. The highest BCUT2D eigenvalue weighted by molar-refractivity contribution is 9.10. The highest BCUT2D eigenvalue weighted by Gasteiger charge is 2.14. The predicted molar refractivity (Wildman–Crippen MR) is 75.5 cm³/mol. The van der Waals surface area contributed by atoms with Crippen molar-refractivity contribution in [3.8, 4) is 6.07 Å². The van der Waals surface area contributed by atoms with E-state index in [0.717, 1.165) is 25.9 Å². The molecule has 1 heterocycles. The fourth-order valence-electron chi connectivity index (χ4n) is 2.18. The van der Waals surface area contributed by atoms with Gasteiger partial charge in [0.15, 0.2) is 5.82 Å². The lowest BCUT2D eigenvalue weighted by molar-refractivity contribution is 0.0134. The van der Waals surface area contributed by atoms with Gasteiger partial charge in [0.25, 0.3) is 0 Å². The first kappa shape index (κ1) is 14.3. The van der Waals surface area contributed by atoms with Crippen molar-refractivity contribution in [3.05, 3.63) is 28.0 Å². The normalized spacial score (nSPS) is 18.9. The lowest BCUT2D eigenvalue weighted by Crippen LogP contribution is -2.22. The predicted octanol–water partition coefficient (Wildman–Crippen LogP) is 3.83. The van der Waals surface area contributed by atoms with E-state index in [4.69, 9.17) is 10.00 Å². The topological polar surface area (TPSA) is 45.0 Å². The Labute approximate surface area is 120 Å². The molecule has 1 saturated heterocycles. The van der Waals surface area contributed by atoms with Crippen LogP contribution in [0, 0.1) is 17.1 Å². The second-order valence-corrected chi connectivity index (χ2v) is 5.40. The van der Waals surface area contributed by atoms with Crippen molar-refractivity contribution in [1.29, 1.82) is 5.26 Å². The number of benzene rings is 1. The molecule has 1 unspecified atom stereocenters. The quantitative estimate of drug-likeness (QED) is 0.914. The summed E-state index contributed by atoms with van der Waals surface area (Å²) < 4.78 is 19.8. The fourth-order valence-corrected chi connectivity index (χ4v) is 2.61. The first-order valence-corrected chi connectivity index (χ1v) is 7.25. The van der Waals surface area contributed by atoms with Crippen molar-refractivity contribution in [2.75, 3.05) is 18.5 Å². The van der Waals surface area contributed by atoms with Gasteiger partial charge in [-0.1, -0.05) is 0 Å². The van der Waals surface area contributed by atoms with Crippen LogP contribution in [0.3, 0.4) is 0 Å². The maximum Gasteiger partial charge on any atom is 0.161 e. The molecular weight excluding hydrogens is 311 g/mol. The lowest BCUT2D eigenvalue weighted by atomic mass is 10.1. The Balaban J connectivity index is 1.89. The van der Waals surface area contributed by atoms with Crippen LogP contribution in [0.4, 0.5) is 10.1 Å². The molecule has 0 spiro atoms. The fraction of sp³-hybridized carbons (Fsp3) is 0.500. The van der Waals surface area contributed by atoms with E-state index in [-0.39, 0.29) is 10.6 Å². The van der Waals surface area contributed by atoms with Crippen LogP contribution in [0.25, 0.3) is 0 Å². The number of halogens is 2. The van der Waals surface area contributed by atoms with Crippen molar-refractivity contribution < 1.29 is 9.13 Å². The van der Waals surface area contributed by atoms with Gasteiger partial charge >= 0.3 is 0 Å². The highest BCUT2D eigenvalue weighted by atomic mass is 79.9. The van der Waals surface area contributed by atoms with E-state index in [1.54, 1.807) is 12.1 Å². The Kier molecular flexibility index (Phi) is 5.17. The van der Waals surface area contributed by atoms with E-state index >= 15 is 0 Å². The van der Waals surface area contributed by atoms with E-state index in [1.807, 2.05) is 6.07 Å². The summed E-state index contributed by atoms with van der Waals surface area (Å²) in [6.07, 6.45) is 4.59. The summed E-state index contributed by atoms with van der Waals surface area (Å²) in [7, 11) is 0. The number of nitrogens with zero attached hydrogens (tertiary/aromatic N) is 1. The van der Waals surface area contributed by atoms with Gasteiger partial charge in [-0.2, -0.15) is 5.26 Å². The summed E-state index contributed by atoms with van der Waals surface area (Å²) in [5, 5.41) is 11.9. The summed E-state index contributed by atoms with van der Waals surface area (Å²) in [5.74, 6) is -0.413. The van der Waals surface area contributed by atoms with Gasteiger partial charge in [-0.05, 0) is 53.7 Å². The van der Waals surface area contributed by atoms with Crippen molar-refractivity contribution in [3.63, 3.8) is 0 Å². The van der Waals surface area contributed by atoms with Crippen LogP contribution in [-0.4, -0.2) is 19.3 Å². The Morgan fingerprint density at radius 2 is 2.32 bits per heavy atom. The average molecular weight is 327 g/mol. The molecule has 1 aromatic rings. The minimum atomic E-state index is -0.413. The maximum absolute atomic E-state index is 13.9. The molecule has 1 aromatic carbocycles.